The zero-order chi connectivity index (χ0) is 33.0. The minimum atomic E-state index is -0.179. The van der Waals surface area contributed by atoms with Crippen molar-refractivity contribution in [1.29, 1.82) is 0 Å². The largest absolute Gasteiger partial charge is 0.507 e. The first-order valence-electron chi connectivity index (χ1n) is 15.4. The van der Waals surface area contributed by atoms with Gasteiger partial charge in [0.05, 0.1) is 12.1 Å². The summed E-state index contributed by atoms with van der Waals surface area (Å²) in [5.41, 5.74) is 18.9. The molecule has 0 radical (unpaired) electrons. The third kappa shape index (κ3) is 11.5. The standard InChI is InChI=1S/C36H54N2O2.CH4.Cr.N3/c1-33(2,3)25-17-23(31(39)27(19-25)35(7,8)9)21-37-29-15-13-14-16-30(29)38-22-24-18-26(34(4,5)6)20-28(32(24)40)36(10,11)12;;;1-3-2/h17-22,29-30,39-40H,13-16H2,1-12H3;1H4;;/q;;;-1/t29-,30-;;;/m1.../s1. The summed E-state index contributed by atoms with van der Waals surface area (Å²) in [5.74, 6) is 0.637. The normalized spacial score (nSPS) is 17.6. The van der Waals surface area contributed by atoms with E-state index >= 15 is 0 Å². The number of hydrogen-bond acceptors (Lipinski definition) is 4. The molecule has 1 saturated carbocycles. The van der Waals surface area contributed by atoms with Crippen LogP contribution in [0.25, 0.3) is 16.0 Å². The molecule has 45 heavy (non-hydrogen) atoms. The predicted molar refractivity (Wildman–Crippen MR) is 189 cm³/mol. The smallest absolute Gasteiger partial charge is 0.128 e. The molecule has 0 spiro atoms. The van der Waals surface area contributed by atoms with Gasteiger partial charge in [-0.2, -0.15) is 0 Å². The molecule has 2 N–H and O–H groups in total. The van der Waals surface area contributed by atoms with E-state index in [2.05, 4.69) is 107 Å². The van der Waals surface area contributed by atoms with Crippen molar-refractivity contribution in [3.05, 3.63) is 73.6 Å². The third-order valence-electron chi connectivity index (χ3n) is 8.13. The maximum Gasteiger partial charge on any atom is 0.128 e. The fourth-order valence-corrected chi connectivity index (χ4v) is 5.31. The third-order valence-corrected chi connectivity index (χ3v) is 8.13. The number of phenols is 2. The first kappa shape index (κ1) is 42.2. The van der Waals surface area contributed by atoms with Gasteiger partial charge in [0, 0.05) is 52.0 Å². The molecule has 0 aromatic heterocycles. The van der Waals surface area contributed by atoms with Crippen molar-refractivity contribution in [3.8, 4) is 11.5 Å². The molecule has 2 atom stereocenters. The van der Waals surface area contributed by atoms with Gasteiger partial charge in [-0.1, -0.05) is 115 Å². The minimum Gasteiger partial charge on any atom is -0.507 e. The van der Waals surface area contributed by atoms with E-state index in [9.17, 15) is 10.2 Å². The summed E-state index contributed by atoms with van der Waals surface area (Å²) in [6.45, 7) is 26.0. The van der Waals surface area contributed by atoms with Crippen LogP contribution < -0.4 is 0 Å². The zero-order valence-corrected chi connectivity index (χ0v) is 30.3. The van der Waals surface area contributed by atoms with Gasteiger partial charge in [-0.25, -0.2) is 0 Å². The molecule has 0 saturated heterocycles. The van der Waals surface area contributed by atoms with E-state index in [1.54, 1.807) is 0 Å². The van der Waals surface area contributed by atoms with Crippen LogP contribution in [0.2, 0.25) is 0 Å². The molecule has 7 nitrogen and oxygen atoms in total. The maximum atomic E-state index is 11.2. The van der Waals surface area contributed by atoms with Gasteiger partial charge >= 0.3 is 0 Å². The number of aliphatic imine (C=N–C) groups is 2. The van der Waals surface area contributed by atoms with Crippen LogP contribution in [-0.4, -0.2) is 34.7 Å². The topological polar surface area (TPSA) is 124 Å². The minimum absolute atomic E-state index is 0. The predicted octanol–water partition coefficient (Wildman–Crippen LogP) is 10.6. The van der Waals surface area contributed by atoms with Crippen LogP contribution in [0.4, 0.5) is 0 Å². The van der Waals surface area contributed by atoms with Gasteiger partial charge < -0.3 is 21.3 Å². The maximum absolute atomic E-state index is 11.2. The molecule has 8 heteroatoms. The van der Waals surface area contributed by atoms with Gasteiger partial charge in [-0.15, -0.1) is 0 Å². The molecule has 2 aromatic carbocycles. The van der Waals surface area contributed by atoms with Gasteiger partial charge in [-0.3, -0.25) is 14.9 Å². The summed E-state index contributed by atoms with van der Waals surface area (Å²) in [6.07, 6.45) is 7.90. The summed E-state index contributed by atoms with van der Waals surface area (Å²) in [7, 11) is 0. The Morgan fingerprint density at radius 2 is 0.911 bits per heavy atom. The van der Waals surface area contributed by atoms with E-state index in [1.165, 1.54) is 16.0 Å². The first-order chi connectivity index (χ1) is 19.6. The van der Waals surface area contributed by atoms with Crippen LogP contribution in [-0.2, 0) is 39.0 Å². The Hall–Kier alpha value is -2.78. The molecule has 2 aromatic rings. The van der Waals surface area contributed by atoms with Gasteiger partial charge in [0.1, 0.15) is 11.5 Å². The fraction of sp³-hybridized carbons (Fsp3) is 0.622. The molecule has 250 valence electrons. The number of hydrogen-bond donors (Lipinski definition) is 2. The monoisotopic (exact) mass is 656 g/mol. The van der Waals surface area contributed by atoms with Gasteiger partial charge in [0.15, 0.2) is 0 Å². The number of benzene rings is 2. The number of phenolic OH excluding ortho intramolecular Hbond substituents is 2. The van der Waals surface area contributed by atoms with E-state index in [4.69, 9.17) is 21.0 Å². The summed E-state index contributed by atoms with van der Waals surface area (Å²) < 4.78 is 0. The van der Waals surface area contributed by atoms with E-state index in [0.717, 1.165) is 47.9 Å². The molecule has 1 aliphatic rings. The van der Waals surface area contributed by atoms with Crippen molar-refractivity contribution in [3.63, 3.8) is 0 Å². The molecular weight excluding hydrogens is 598 g/mol. The molecule has 0 unspecified atom stereocenters. The van der Waals surface area contributed by atoms with Crippen molar-refractivity contribution in [2.24, 2.45) is 9.98 Å². The Labute approximate surface area is 284 Å². The summed E-state index contributed by atoms with van der Waals surface area (Å²) in [4.78, 5) is 11.6. The van der Waals surface area contributed by atoms with E-state index in [0.29, 0.717) is 11.5 Å². The Bertz CT molecular complexity index is 1260. The van der Waals surface area contributed by atoms with Crippen LogP contribution >= 0.6 is 0 Å². The van der Waals surface area contributed by atoms with Crippen molar-refractivity contribution in [2.45, 2.75) is 150 Å². The van der Waals surface area contributed by atoms with E-state index in [1.807, 2.05) is 12.4 Å². The zero-order valence-electron chi connectivity index (χ0n) is 29.0. The van der Waals surface area contributed by atoms with Crippen molar-refractivity contribution < 1.29 is 27.6 Å². The molecule has 1 fully saturated rings. The first-order valence-corrected chi connectivity index (χ1v) is 15.4. The molecule has 1 aliphatic carbocycles. The van der Waals surface area contributed by atoms with E-state index in [-0.39, 0.29) is 58.5 Å². The summed E-state index contributed by atoms with van der Waals surface area (Å²) >= 11 is 0. The van der Waals surface area contributed by atoms with E-state index < -0.39 is 0 Å². The van der Waals surface area contributed by atoms with Crippen LogP contribution in [0, 0.1) is 0 Å². The Kier molecular flexibility index (Phi) is 15.2. The number of rotatable bonds is 4. The van der Waals surface area contributed by atoms with Crippen LogP contribution in [0.3, 0.4) is 0 Å². The molecule has 0 heterocycles. The second-order valence-electron chi connectivity index (χ2n) is 16.0. The summed E-state index contributed by atoms with van der Waals surface area (Å²) in [6, 6.07) is 8.53. The van der Waals surface area contributed by atoms with Crippen LogP contribution in [0.15, 0.2) is 34.3 Å². The second kappa shape index (κ2) is 16.2. The van der Waals surface area contributed by atoms with Gasteiger partial charge in [-0.05, 0) is 57.8 Å². The van der Waals surface area contributed by atoms with Crippen molar-refractivity contribution in [1.82, 2.24) is 0 Å². The quantitative estimate of drug-likeness (QED) is 0.147. The van der Waals surface area contributed by atoms with Crippen LogP contribution in [0.1, 0.15) is 150 Å². The van der Waals surface area contributed by atoms with Gasteiger partial charge in [0.25, 0.3) is 0 Å². The molecule has 0 aliphatic heterocycles. The average Bonchev–Trinajstić information content (AvgIpc) is 2.85. The fourth-order valence-electron chi connectivity index (χ4n) is 5.31. The van der Waals surface area contributed by atoms with Crippen molar-refractivity contribution in [2.75, 3.05) is 0 Å². The Morgan fingerprint density at radius 1 is 0.622 bits per heavy atom. The molecule has 3 rings (SSSR count). The second-order valence-corrected chi connectivity index (χ2v) is 16.0. The average molecular weight is 657 g/mol. The number of aromatic hydroxyl groups is 2. The molecule has 0 amide bonds. The Balaban J connectivity index is 0.00000372. The SMILES string of the molecule is C.CC(C)(C)c1cc(C=N[C@@H]2CCCC[C@H]2N=Cc2cc(C(C)(C)C)cc(C(C)(C)C)c2O)c(O)c(C(C)(C)C)c1.[Cr].[N-]=[N+]=[N-]. The Morgan fingerprint density at radius 3 is 1.16 bits per heavy atom. The summed E-state index contributed by atoms with van der Waals surface area (Å²) in [5, 5.41) is 22.5. The number of nitrogens with zero attached hydrogens (tertiary/aromatic N) is 5. The van der Waals surface area contributed by atoms with Gasteiger partial charge in [0.2, 0.25) is 0 Å². The van der Waals surface area contributed by atoms with Crippen LogP contribution in [0.5, 0.6) is 11.5 Å². The van der Waals surface area contributed by atoms with Crippen molar-refractivity contribution >= 4 is 12.4 Å². The molecular formula is C37H58CrN5O2-. The molecule has 0 bridgehead atoms.